The van der Waals surface area contributed by atoms with Crippen molar-refractivity contribution in [2.45, 2.75) is 0 Å². The molecule has 22 aromatic carbocycles. The van der Waals surface area contributed by atoms with E-state index in [1.807, 2.05) is 97.1 Å². The Morgan fingerprint density at radius 3 is 0.707 bits per heavy atom. The molecule has 6 aromatic heterocycles. The van der Waals surface area contributed by atoms with Gasteiger partial charge in [-0.3, -0.25) is 0 Å². The lowest BCUT2D eigenvalue weighted by Crippen LogP contribution is -2.00. The van der Waals surface area contributed by atoms with Crippen LogP contribution in [0, 0.1) is 0 Å². The molecule has 6 heterocycles. The van der Waals surface area contributed by atoms with Crippen molar-refractivity contribution in [3.8, 4) is 102 Å². The quantitative estimate of drug-likeness (QED) is 0.126. The summed E-state index contributed by atoms with van der Waals surface area (Å²) in [6, 6.07) is 149. The Balaban J connectivity index is 0.000000104. The maximum absolute atomic E-state index is 6.24. The van der Waals surface area contributed by atoms with Crippen LogP contribution < -0.4 is 0 Å². The van der Waals surface area contributed by atoms with Gasteiger partial charge < -0.3 is 13.3 Å². The number of hydrogen-bond donors (Lipinski definition) is 0. The van der Waals surface area contributed by atoms with Crippen molar-refractivity contribution >= 4 is 174 Å². The average Bonchev–Trinajstić information content (AvgIpc) is 1.71. The van der Waals surface area contributed by atoms with E-state index in [9.17, 15) is 0 Å². The van der Waals surface area contributed by atoms with E-state index in [1.165, 1.54) is 64.6 Å². The first-order chi connectivity index (χ1) is 65.8. The van der Waals surface area contributed by atoms with E-state index in [0.29, 0.717) is 52.4 Å². The third-order valence-corrected chi connectivity index (χ3v) is 25.8. The van der Waals surface area contributed by atoms with E-state index in [2.05, 4.69) is 334 Å². The second kappa shape index (κ2) is 31.4. The molecule has 12 heteroatoms. The Labute approximate surface area is 759 Å². The van der Waals surface area contributed by atoms with E-state index < -0.39 is 0 Å². The minimum absolute atomic E-state index is 0.639. The molecule has 0 atom stereocenters. The van der Waals surface area contributed by atoms with E-state index >= 15 is 0 Å². The van der Waals surface area contributed by atoms with Gasteiger partial charge in [-0.2, -0.15) is 0 Å². The molecule has 0 unspecified atom stereocenters. The minimum atomic E-state index is 0.639. The smallest absolute Gasteiger partial charge is 0.164 e. The highest BCUT2D eigenvalue weighted by Gasteiger charge is 2.23. The lowest BCUT2D eigenvalue weighted by Gasteiger charge is -2.11. The molecule has 0 spiro atoms. The zero-order chi connectivity index (χ0) is 87.6. The topological polar surface area (TPSA) is 155 Å². The fourth-order valence-electron chi connectivity index (χ4n) is 19.4. The van der Waals surface area contributed by atoms with Crippen molar-refractivity contribution in [2.75, 3.05) is 0 Å². The van der Waals surface area contributed by atoms with Crippen LogP contribution in [0.1, 0.15) is 0 Å². The molecule has 0 fully saturated rings. The summed E-state index contributed by atoms with van der Waals surface area (Å²) in [4.78, 5) is 45.2. The highest BCUT2D eigenvalue weighted by atomic mass is 16.3. The summed E-state index contributed by atoms with van der Waals surface area (Å²) in [5, 5.41) is 30.1. The normalized spacial score (nSPS) is 11.8. The van der Waals surface area contributed by atoms with E-state index in [-0.39, 0.29) is 0 Å². The van der Waals surface area contributed by atoms with Gasteiger partial charge in [-0.05, 0) is 164 Å². The fourth-order valence-corrected chi connectivity index (χ4v) is 19.4. The van der Waals surface area contributed by atoms with E-state index in [4.69, 9.17) is 58.1 Å². The first kappa shape index (κ1) is 76.1. The number of furan rings is 3. The summed E-state index contributed by atoms with van der Waals surface area (Å²) in [6.45, 7) is 0. The van der Waals surface area contributed by atoms with E-state index in [0.717, 1.165) is 159 Å². The third-order valence-electron chi connectivity index (χ3n) is 25.8. The van der Waals surface area contributed by atoms with Crippen molar-refractivity contribution < 1.29 is 13.3 Å². The van der Waals surface area contributed by atoms with Gasteiger partial charge in [0.05, 0.1) is 0 Å². The maximum Gasteiger partial charge on any atom is 0.164 e. The number of hydrogen-bond acceptors (Lipinski definition) is 12. The van der Waals surface area contributed by atoms with Crippen molar-refractivity contribution in [1.29, 1.82) is 0 Å². The monoisotopic (exact) mass is 1700 g/mol. The number of aromatic nitrogens is 9. The summed E-state index contributed by atoms with van der Waals surface area (Å²) in [6.07, 6.45) is 0. The van der Waals surface area contributed by atoms with E-state index in [1.54, 1.807) is 0 Å². The molecule has 0 saturated carbocycles. The molecule has 12 nitrogen and oxygen atoms in total. The highest BCUT2D eigenvalue weighted by Crippen LogP contribution is 2.45. The predicted octanol–water partition coefficient (Wildman–Crippen LogP) is 31.8. The predicted molar refractivity (Wildman–Crippen MR) is 545 cm³/mol. The third kappa shape index (κ3) is 13.5. The molecule has 0 saturated heterocycles. The Morgan fingerprint density at radius 1 is 0.120 bits per heavy atom. The molecule has 0 bridgehead atoms. The van der Waals surface area contributed by atoms with Gasteiger partial charge in [0.15, 0.2) is 52.4 Å². The van der Waals surface area contributed by atoms with Gasteiger partial charge in [-0.1, -0.05) is 358 Å². The molecule has 0 radical (unpaired) electrons. The van der Waals surface area contributed by atoms with Crippen LogP contribution in [-0.4, -0.2) is 44.9 Å². The molecule has 618 valence electrons. The van der Waals surface area contributed by atoms with Gasteiger partial charge in [0.1, 0.15) is 33.5 Å². The summed E-state index contributed by atoms with van der Waals surface area (Å²) >= 11 is 0. The molecule has 28 aromatic rings. The summed E-state index contributed by atoms with van der Waals surface area (Å²) in [7, 11) is 0. The van der Waals surface area contributed by atoms with Gasteiger partial charge in [-0.25, -0.2) is 44.9 Å². The maximum atomic E-state index is 6.24. The highest BCUT2D eigenvalue weighted by molar-refractivity contribution is 6.30. The molecule has 133 heavy (non-hydrogen) atoms. The minimum Gasteiger partial charge on any atom is -0.456 e. The fraction of sp³-hybridized carbons (Fsp3) is 0. The Bertz CT molecular complexity index is 9540. The van der Waals surface area contributed by atoms with Crippen LogP contribution in [0.2, 0.25) is 0 Å². The zero-order valence-corrected chi connectivity index (χ0v) is 71.2. The van der Waals surface area contributed by atoms with Crippen molar-refractivity contribution in [3.05, 3.63) is 431 Å². The first-order valence-corrected chi connectivity index (χ1v) is 44.5. The Morgan fingerprint density at radius 2 is 0.361 bits per heavy atom. The van der Waals surface area contributed by atoms with Gasteiger partial charge in [0.25, 0.3) is 0 Å². The first-order valence-electron chi connectivity index (χ1n) is 44.5. The summed E-state index contributed by atoms with van der Waals surface area (Å²) in [5.74, 6) is 5.84. The molecule has 0 aliphatic heterocycles. The SMILES string of the molecule is c1ccc(-c2nc(-c3ccc4c(ccc5ccc6oc7ccccc7c6c54)c3)nc(-c3cccc4ccccc34)n2)cc1.c1ccc(-c2nc(-c3ccc4ccccc4c3)nc(-c3ccc4c(ccc5ccc6oc7ccccc7c6c54)c3)n2)cc1.c1ccc2cc(-c3nc(-c4ccc5ccccc5c4)nc(-c4ccc5c(ccc6ccc7oc8ccccc8c7c65)c4)n3)ccc2c1. The number of fused-ring (bicyclic) bond motifs is 25. The summed E-state index contributed by atoms with van der Waals surface area (Å²) in [5.41, 5.74) is 14.0. The van der Waals surface area contributed by atoms with Crippen LogP contribution >= 0.6 is 0 Å². The largest absolute Gasteiger partial charge is 0.456 e. The van der Waals surface area contributed by atoms with Gasteiger partial charge in [0.2, 0.25) is 0 Å². The second-order valence-corrected chi connectivity index (χ2v) is 33.8. The lowest BCUT2D eigenvalue weighted by molar-refractivity contribution is 0.669. The molecule has 0 amide bonds. The standard InChI is InChI=1S/C43H25N3O.2C39H23N3O/c1-3-9-29-23-32(17-13-26(29)7-1)41-44-42(33-18-14-27-8-2-4-10-30(27)24-33)46-43(45-41)34-19-21-35-31(25-34)16-15-28-20-22-38-40(39(28)35)36-11-5-6-12-37(36)47-38;1-2-10-26(11-3-1)37-40-38(42-39(41-37)31-15-8-12-24-9-4-5-13-29(24)31)28-19-21-30-27(23-28)18-17-25-20-22-34-36(35(25)30)32-14-6-7-16-33(32)43-34;1-2-9-26(10-3-1)37-40-38(29-17-14-24-8-4-5-11-27(24)22-29)42-39(41-37)30-18-20-31-28(23-30)16-15-25-19-21-34-36(35(25)31)32-12-6-7-13-33(32)43-34/h1-25H;2*1-23H. The number of para-hydroxylation sites is 3. The number of rotatable bonds is 9. The number of benzene rings is 22. The second-order valence-electron chi connectivity index (χ2n) is 33.8. The Hall–Kier alpha value is -18.1. The van der Waals surface area contributed by atoms with Crippen LogP contribution in [0.3, 0.4) is 0 Å². The van der Waals surface area contributed by atoms with Crippen LogP contribution in [0.25, 0.3) is 276 Å². The summed E-state index contributed by atoms with van der Waals surface area (Å²) < 4.78 is 18.7. The van der Waals surface area contributed by atoms with Crippen LogP contribution in [0.15, 0.2) is 444 Å². The van der Waals surface area contributed by atoms with Gasteiger partial charge in [0, 0.05) is 98.5 Å². The van der Waals surface area contributed by atoms with Crippen molar-refractivity contribution in [2.24, 2.45) is 0 Å². The number of nitrogens with zero attached hydrogens (tertiary/aromatic N) is 9. The van der Waals surface area contributed by atoms with Crippen LogP contribution in [0.5, 0.6) is 0 Å². The van der Waals surface area contributed by atoms with Crippen molar-refractivity contribution in [3.63, 3.8) is 0 Å². The van der Waals surface area contributed by atoms with Crippen LogP contribution in [-0.2, 0) is 0 Å². The molecule has 0 aliphatic carbocycles. The van der Waals surface area contributed by atoms with Crippen molar-refractivity contribution in [1.82, 2.24) is 44.9 Å². The molecule has 28 rings (SSSR count). The molecule has 0 N–H and O–H groups in total. The average molecular weight is 1700 g/mol. The molecule has 0 aliphatic rings. The van der Waals surface area contributed by atoms with Gasteiger partial charge in [-0.15, -0.1) is 0 Å². The van der Waals surface area contributed by atoms with Crippen LogP contribution in [0.4, 0.5) is 0 Å². The van der Waals surface area contributed by atoms with Gasteiger partial charge >= 0.3 is 0 Å². The Kier molecular flexibility index (Phi) is 18.0. The zero-order valence-electron chi connectivity index (χ0n) is 71.2. The molecular weight excluding hydrogens is 1630 g/mol. The lowest BCUT2D eigenvalue weighted by atomic mass is 9.96. The molecular formula is C121H71N9O3.